The third kappa shape index (κ3) is 2.54. The third-order valence-corrected chi connectivity index (χ3v) is 2.93. The maximum absolute atomic E-state index is 11.2. The van der Waals surface area contributed by atoms with Gasteiger partial charge in [-0.2, -0.15) is 5.06 Å². The Hall–Kier alpha value is -1.07. The molecule has 1 rings (SSSR count). The number of methoxy groups -OCH3 is 1. The van der Waals surface area contributed by atoms with E-state index in [-0.39, 0.29) is 11.8 Å². The van der Waals surface area contributed by atoms with Gasteiger partial charge in [0.25, 0.3) is 0 Å². The van der Waals surface area contributed by atoms with Gasteiger partial charge in [0.05, 0.1) is 19.3 Å². The maximum Gasteiger partial charge on any atom is 0.433 e. The summed E-state index contributed by atoms with van der Waals surface area (Å²) in [4.78, 5) is 11.2. The Bertz CT molecular complexity index is 277. The van der Waals surface area contributed by atoms with Crippen LogP contribution in [0.3, 0.4) is 0 Å². The van der Waals surface area contributed by atoms with Gasteiger partial charge in [0.1, 0.15) is 0 Å². The highest BCUT2D eigenvalue weighted by Gasteiger charge is 2.36. The van der Waals surface area contributed by atoms with E-state index in [2.05, 4.69) is 4.74 Å². The Labute approximate surface area is 95.3 Å². The Kier molecular flexibility index (Phi) is 4.32. The standard InChI is InChI=1S/C11H19NO4/c1-7(2)10(13)8-5-4-6-9(8)12(15)11(14)16-3/h4-5,7-10,13,15H,6H2,1-3H3. The molecule has 0 aliphatic heterocycles. The van der Waals surface area contributed by atoms with Gasteiger partial charge in [0.15, 0.2) is 0 Å². The lowest BCUT2D eigenvalue weighted by Gasteiger charge is -2.30. The molecule has 2 N–H and O–H groups in total. The molecule has 92 valence electrons. The highest BCUT2D eigenvalue weighted by molar-refractivity contribution is 5.66. The largest absolute Gasteiger partial charge is 0.451 e. The lowest BCUT2D eigenvalue weighted by molar-refractivity contribution is -0.120. The quantitative estimate of drug-likeness (QED) is 0.436. The summed E-state index contributed by atoms with van der Waals surface area (Å²) in [5.74, 6) is -0.176. The summed E-state index contributed by atoms with van der Waals surface area (Å²) in [5.41, 5.74) is 0. The molecular weight excluding hydrogens is 210 g/mol. The summed E-state index contributed by atoms with van der Waals surface area (Å²) >= 11 is 0. The highest BCUT2D eigenvalue weighted by Crippen LogP contribution is 2.29. The predicted octanol–water partition coefficient (Wildman–Crippen LogP) is 1.41. The second kappa shape index (κ2) is 5.32. The Balaban J connectivity index is 2.71. The first-order chi connectivity index (χ1) is 7.49. The summed E-state index contributed by atoms with van der Waals surface area (Å²) in [7, 11) is 1.21. The zero-order valence-electron chi connectivity index (χ0n) is 9.83. The molecule has 3 atom stereocenters. The molecule has 1 amide bonds. The number of rotatable bonds is 3. The topological polar surface area (TPSA) is 70.0 Å². The lowest BCUT2D eigenvalue weighted by atomic mass is 9.89. The van der Waals surface area contributed by atoms with E-state index in [1.165, 1.54) is 7.11 Å². The van der Waals surface area contributed by atoms with E-state index in [0.717, 1.165) is 0 Å². The van der Waals surface area contributed by atoms with Gasteiger partial charge < -0.3 is 9.84 Å². The monoisotopic (exact) mass is 229 g/mol. The van der Waals surface area contributed by atoms with Crippen molar-refractivity contribution in [1.29, 1.82) is 0 Å². The van der Waals surface area contributed by atoms with Crippen molar-refractivity contribution in [3.05, 3.63) is 12.2 Å². The number of hydrogen-bond donors (Lipinski definition) is 2. The minimum Gasteiger partial charge on any atom is -0.451 e. The second-order valence-corrected chi connectivity index (χ2v) is 4.36. The van der Waals surface area contributed by atoms with Crippen LogP contribution in [0.1, 0.15) is 20.3 Å². The Morgan fingerprint density at radius 1 is 1.56 bits per heavy atom. The van der Waals surface area contributed by atoms with Crippen molar-refractivity contribution < 1.29 is 19.8 Å². The summed E-state index contributed by atoms with van der Waals surface area (Å²) in [6.07, 6.45) is 2.84. The van der Waals surface area contributed by atoms with E-state index >= 15 is 0 Å². The fraction of sp³-hybridized carbons (Fsp3) is 0.727. The lowest BCUT2D eigenvalue weighted by Crippen LogP contribution is -2.44. The van der Waals surface area contributed by atoms with Gasteiger partial charge in [-0.3, -0.25) is 5.21 Å². The van der Waals surface area contributed by atoms with Crippen LogP contribution in [0.4, 0.5) is 4.79 Å². The average Bonchev–Trinajstić information content (AvgIpc) is 2.74. The summed E-state index contributed by atoms with van der Waals surface area (Å²) in [6, 6.07) is -0.440. The van der Waals surface area contributed by atoms with Crippen LogP contribution >= 0.6 is 0 Å². The number of carbonyl (C=O) groups excluding carboxylic acids is 1. The van der Waals surface area contributed by atoms with Crippen molar-refractivity contribution >= 4 is 6.09 Å². The number of aliphatic hydroxyl groups is 1. The van der Waals surface area contributed by atoms with Gasteiger partial charge in [-0.1, -0.05) is 26.0 Å². The normalized spacial score (nSPS) is 25.9. The molecule has 0 bridgehead atoms. The zero-order valence-corrected chi connectivity index (χ0v) is 9.83. The molecule has 0 aromatic rings. The average molecular weight is 229 g/mol. The minimum atomic E-state index is -0.797. The molecule has 16 heavy (non-hydrogen) atoms. The van der Waals surface area contributed by atoms with Crippen LogP contribution in [0.2, 0.25) is 0 Å². The molecule has 0 fully saturated rings. The number of aliphatic hydroxyl groups excluding tert-OH is 1. The van der Waals surface area contributed by atoms with Crippen LogP contribution in [-0.4, -0.2) is 40.7 Å². The van der Waals surface area contributed by atoms with Gasteiger partial charge in [0, 0.05) is 5.92 Å². The van der Waals surface area contributed by atoms with E-state index in [0.29, 0.717) is 11.5 Å². The molecule has 0 aromatic carbocycles. The third-order valence-electron chi connectivity index (χ3n) is 2.93. The molecule has 5 heteroatoms. The predicted molar refractivity (Wildman–Crippen MR) is 57.9 cm³/mol. The SMILES string of the molecule is COC(=O)N(O)C1CC=CC1C(O)C(C)C. The van der Waals surface area contributed by atoms with Crippen LogP contribution in [-0.2, 0) is 4.74 Å². The van der Waals surface area contributed by atoms with Crippen LogP contribution in [0.15, 0.2) is 12.2 Å². The van der Waals surface area contributed by atoms with Crippen molar-refractivity contribution in [2.24, 2.45) is 11.8 Å². The molecule has 0 spiro atoms. The molecule has 3 unspecified atom stereocenters. The molecule has 1 aliphatic rings. The van der Waals surface area contributed by atoms with Crippen LogP contribution in [0, 0.1) is 11.8 Å². The number of carbonyl (C=O) groups is 1. The number of ether oxygens (including phenoxy) is 1. The fourth-order valence-corrected chi connectivity index (χ4v) is 1.94. The summed E-state index contributed by atoms with van der Waals surface area (Å²) in [5, 5.41) is 20.2. The van der Waals surface area contributed by atoms with Crippen LogP contribution < -0.4 is 0 Å². The number of amides is 1. The Morgan fingerprint density at radius 3 is 2.69 bits per heavy atom. The van der Waals surface area contributed by atoms with Crippen molar-refractivity contribution in [3.8, 4) is 0 Å². The molecule has 5 nitrogen and oxygen atoms in total. The van der Waals surface area contributed by atoms with Gasteiger partial charge in [0.2, 0.25) is 0 Å². The zero-order chi connectivity index (χ0) is 12.3. The minimum absolute atomic E-state index is 0.0706. The molecule has 1 aliphatic carbocycles. The molecule has 0 saturated heterocycles. The van der Waals surface area contributed by atoms with E-state index in [1.54, 1.807) is 0 Å². The van der Waals surface area contributed by atoms with E-state index in [4.69, 9.17) is 0 Å². The molecular formula is C11H19NO4. The van der Waals surface area contributed by atoms with Crippen LogP contribution in [0.25, 0.3) is 0 Å². The number of hydroxylamine groups is 2. The van der Waals surface area contributed by atoms with Gasteiger partial charge in [-0.25, -0.2) is 4.79 Å². The molecule has 0 saturated carbocycles. The van der Waals surface area contributed by atoms with E-state index in [9.17, 15) is 15.1 Å². The molecule has 0 aromatic heterocycles. The second-order valence-electron chi connectivity index (χ2n) is 4.36. The smallest absolute Gasteiger partial charge is 0.433 e. The molecule has 0 radical (unpaired) electrons. The number of nitrogens with zero attached hydrogens (tertiary/aromatic N) is 1. The van der Waals surface area contributed by atoms with Gasteiger partial charge in [-0.15, -0.1) is 0 Å². The van der Waals surface area contributed by atoms with Crippen molar-refractivity contribution in [3.63, 3.8) is 0 Å². The highest BCUT2D eigenvalue weighted by atomic mass is 16.6. The first kappa shape index (κ1) is 13.0. The van der Waals surface area contributed by atoms with Crippen molar-refractivity contribution in [2.75, 3.05) is 7.11 Å². The van der Waals surface area contributed by atoms with Crippen molar-refractivity contribution in [1.82, 2.24) is 5.06 Å². The maximum atomic E-state index is 11.2. The van der Waals surface area contributed by atoms with Crippen LogP contribution in [0.5, 0.6) is 0 Å². The fourth-order valence-electron chi connectivity index (χ4n) is 1.94. The van der Waals surface area contributed by atoms with E-state index < -0.39 is 18.2 Å². The summed E-state index contributed by atoms with van der Waals surface area (Å²) < 4.78 is 4.44. The first-order valence-corrected chi connectivity index (χ1v) is 5.39. The van der Waals surface area contributed by atoms with Gasteiger partial charge in [-0.05, 0) is 12.3 Å². The Morgan fingerprint density at radius 2 is 2.19 bits per heavy atom. The van der Waals surface area contributed by atoms with Gasteiger partial charge >= 0.3 is 6.09 Å². The molecule has 0 heterocycles. The number of hydrogen-bond acceptors (Lipinski definition) is 4. The summed E-state index contributed by atoms with van der Waals surface area (Å²) in [6.45, 7) is 3.79. The first-order valence-electron chi connectivity index (χ1n) is 5.39. The van der Waals surface area contributed by atoms with E-state index in [1.807, 2.05) is 26.0 Å². The van der Waals surface area contributed by atoms with Crippen molar-refractivity contribution in [2.45, 2.75) is 32.4 Å².